The second kappa shape index (κ2) is 5.92. The number of nitrogens with zero attached hydrogens (tertiary/aromatic N) is 1. The van der Waals surface area contributed by atoms with Crippen LogP contribution in [0, 0.1) is 0 Å². The molecule has 0 aliphatic carbocycles. The topological polar surface area (TPSA) is 68.5 Å². The van der Waals surface area contributed by atoms with E-state index in [9.17, 15) is 22.8 Å². The zero-order valence-electron chi connectivity index (χ0n) is 11.0. The SMILES string of the molecule is O=C(O)c1cccn(OCc2cccc(C(F)(F)F)c2)c1=O. The van der Waals surface area contributed by atoms with Gasteiger partial charge in [-0.15, -0.1) is 0 Å². The largest absolute Gasteiger partial charge is 0.477 e. The summed E-state index contributed by atoms with van der Waals surface area (Å²) in [6.07, 6.45) is -3.29. The second-order valence-electron chi connectivity index (χ2n) is 4.33. The van der Waals surface area contributed by atoms with Crippen molar-refractivity contribution in [3.63, 3.8) is 0 Å². The molecule has 0 fully saturated rings. The van der Waals surface area contributed by atoms with E-state index in [-0.39, 0.29) is 12.2 Å². The van der Waals surface area contributed by atoms with Gasteiger partial charge in [0.25, 0.3) is 5.56 Å². The first-order valence-electron chi connectivity index (χ1n) is 6.03. The van der Waals surface area contributed by atoms with Crippen molar-refractivity contribution in [3.8, 4) is 0 Å². The molecule has 0 bridgehead atoms. The Morgan fingerprint density at radius 2 is 1.95 bits per heavy atom. The lowest BCUT2D eigenvalue weighted by atomic mass is 10.1. The molecule has 0 spiro atoms. The van der Waals surface area contributed by atoms with Gasteiger partial charge in [-0.1, -0.05) is 12.1 Å². The smallest absolute Gasteiger partial charge is 0.416 e. The maximum absolute atomic E-state index is 12.6. The molecule has 2 rings (SSSR count). The van der Waals surface area contributed by atoms with Gasteiger partial charge in [-0.3, -0.25) is 4.79 Å². The molecular weight excluding hydrogens is 303 g/mol. The predicted molar refractivity (Wildman–Crippen MR) is 69.4 cm³/mol. The van der Waals surface area contributed by atoms with Gasteiger partial charge in [0.1, 0.15) is 12.2 Å². The number of alkyl halides is 3. The number of aromatic nitrogens is 1. The van der Waals surface area contributed by atoms with E-state index in [0.717, 1.165) is 18.2 Å². The molecule has 0 atom stereocenters. The standard InChI is InChI=1S/C14H10F3NO4/c15-14(16,17)10-4-1-3-9(7-10)8-22-18-6-2-5-11(12(18)19)13(20)21/h1-7H,8H2,(H,20,21). The minimum atomic E-state index is -4.48. The van der Waals surface area contributed by atoms with E-state index in [0.29, 0.717) is 4.73 Å². The van der Waals surface area contributed by atoms with Crippen LogP contribution in [0.5, 0.6) is 0 Å². The quantitative estimate of drug-likeness (QED) is 0.939. The third-order valence-electron chi connectivity index (χ3n) is 2.77. The molecule has 1 N–H and O–H groups in total. The Hall–Kier alpha value is -2.77. The number of benzene rings is 1. The zero-order valence-corrected chi connectivity index (χ0v) is 11.0. The van der Waals surface area contributed by atoms with Crippen molar-refractivity contribution in [2.75, 3.05) is 0 Å². The minimum absolute atomic E-state index is 0.197. The summed E-state index contributed by atoms with van der Waals surface area (Å²) in [5.41, 5.74) is -2.03. The van der Waals surface area contributed by atoms with Gasteiger partial charge < -0.3 is 9.94 Å². The molecule has 0 amide bonds. The van der Waals surface area contributed by atoms with Crippen LogP contribution < -0.4 is 10.4 Å². The number of aromatic carboxylic acids is 1. The molecule has 0 saturated heterocycles. The van der Waals surface area contributed by atoms with E-state index in [1.54, 1.807) is 0 Å². The second-order valence-corrected chi connectivity index (χ2v) is 4.33. The zero-order chi connectivity index (χ0) is 16.3. The molecule has 116 valence electrons. The summed E-state index contributed by atoms with van der Waals surface area (Å²) in [5.74, 6) is -1.41. The van der Waals surface area contributed by atoms with Crippen LogP contribution in [0.1, 0.15) is 21.5 Å². The number of hydrogen-bond acceptors (Lipinski definition) is 3. The van der Waals surface area contributed by atoms with Crippen molar-refractivity contribution in [1.29, 1.82) is 0 Å². The molecule has 0 radical (unpaired) electrons. The molecule has 5 nitrogen and oxygen atoms in total. The van der Waals surface area contributed by atoms with Gasteiger partial charge in [0.05, 0.1) is 5.56 Å². The maximum Gasteiger partial charge on any atom is 0.416 e. The highest BCUT2D eigenvalue weighted by Crippen LogP contribution is 2.29. The lowest BCUT2D eigenvalue weighted by Crippen LogP contribution is -2.30. The number of rotatable bonds is 4. The molecule has 0 unspecified atom stereocenters. The summed E-state index contributed by atoms with van der Waals surface area (Å²) >= 11 is 0. The fraction of sp³-hybridized carbons (Fsp3) is 0.143. The van der Waals surface area contributed by atoms with E-state index < -0.39 is 28.8 Å². The highest BCUT2D eigenvalue weighted by Gasteiger charge is 2.30. The van der Waals surface area contributed by atoms with Gasteiger partial charge in [-0.25, -0.2) is 4.79 Å². The molecule has 1 heterocycles. The van der Waals surface area contributed by atoms with Gasteiger partial charge in [0.2, 0.25) is 0 Å². The van der Waals surface area contributed by atoms with Gasteiger partial charge in [0, 0.05) is 6.20 Å². The van der Waals surface area contributed by atoms with Crippen LogP contribution in [0.25, 0.3) is 0 Å². The Balaban J connectivity index is 2.19. The van der Waals surface area contributed by atoms with Crippen molar-refractivity contribution in [1.82, 2.24) is 4.73 Å². The molecule has 8 heteroatoms. The Kier molecular flexibility index (Phi) is 4.20. The fourth-order valence-corrected chi connectivity index (χ4v) is 1.72. The van der Waals surface area contributed by atoms with E-state index >= 15 is 0 Å². The van der Waals surface area contributed by atoms with Gasteiger partial charge in [-0.2, -0.15) is 17.9 Å². The molecule has 0 aliphatic rings. The Morgan fingerprint density at radius 1 is 1.23 bits per heavy atom. The molecule has 1 aromatic carbocycles. The monoisotopic (exact) mass is 313 g/mol. The highest BCUT2D eigenvalue weighted by molar-refractivity contribution is 5.86. The van der Waals surface area contributed by atoms with E-state index in [4.69, 9.17) is 9.94 Å². The number of carboxylic acids is 1. The first-order valence-corrected chi connectivity index (χ1v) is 6.03. The summed E-state index contributed by atoms with van der Waals surface area (Å²) in [6, 6.07) is 6.83. The van der Waals surface area contributed by atoms with E-state index in [2.05, 4.69) is 0 Å². The van der Waals surface area contributed by atoms with Crippen LogP contribution in [-0.2, 0) is 12.8 Å². The number of hydrogen-bond donors (Lipinski definition) is 1. The molecule has 0 saturated carbocycles. The Morgan fingerprint density at radius 3 is 2.59 bits per heavy atom. The van der Waals surface area contributed by atoms with E-state index in [1.165, 1.54) is 24.4 Å². The number of halogens is 3. The average molecular weight is 313 g/mol. The summed E-state index contributed by atoms with van der Waals surface area (Å²) in [4.78, 5) is 27.6. The highest BCUT2D eigenvalue weighted by atomic mass is 19.4. The summed E-state index contributed by atoms with van der Waals surface area (Å²) < 4.78 is 38.4. The first-order chi connectivity index (χ1) is 10.3. The Labute approximate surface area is 122 Å². The fourth-order valence-electron chi connectivity index (χ4n) is 1.72. The summed E-state index contributed by atoms with van der Waals surface area (Å²) in [5, 5.41) is 8.81. The number of carbonyl (C=O) groups is 1. The predicted octanol–water partition coefficient (Wildman–Crippen LogP) is 2.19. The average Bonchev–Trinajstić information content (AvgIpc) is 2.45. The van der Waals surface area contributed by atoms with Crippen molar-refractivity contribution in [2.45, 2.75) is 12.8 Å². The van der Waals surface area contributed by atoms with Crippen molar-refractivity contribution < 1.29 is 27.9 Å². The summed E-state index contributed by atoms with van der Waals surface area (Å²) in [6.45, 7) is -0.313. The third-order valence-corrected chi connectivity index (χ3v) is 2.77. The van der Waals surface area contributed by atoms with E-state index in [1.807, 2.05) is 0 Å². The molecule has 0 aliphatic heterocycles. The van der Waals surface area contributed by atoms with Crippen molar-refractivity contribution >= 4 is 5.97 Å². The van der Waals surface area contributed by atoms with Crippen LogP contribution in [0.15, 0.2) is 47.4 Å². The first kappa shape index (κ1) is 15.6. The van der Waals surface area contributed by atoms with Crippen LogP contribution >= 0.6 is 0 Å². The van der Waals surface area contributed by atoms with Crippen LogP contribution in [0.2, 0.25) is 0 Å². The lowest BCUT2D eigenvalue weighted by Gasteiger charge is -2.11. The summed E-state index contributed by atoms with van der Waals surface area (Å²) in [7, 11) is 0. The van der Waals surface area contributed by atoms with Gasteiger partial charge >= 0.3 is 12.1 Å². The van der Waals surface area contributed by atoms with Crippen molar-refractivity contribution in [2.24, 2.45) is 0 Å². The molecule has 22 heavy (non-hydrogen) atoms. The normalized spacial score (nSPS) is 11.2. The lowest BCUT2D eigenvalue weighted by molar-refractivity contribution is -0.137. The Bertz CT molecular complexity index is 752. The number of pyridine rings is 1. The van der Waals surface area contributed by atoms with Crippen molar-refractivity contribution in [3.05, 3.63) is 69.6 Å². The minimum Gasteiger partial charge on any atom is -0.477 e. The maximum atomic E-state index is 12.6. The molecule has 1 aromatic heterocycles. The van der Waals surface area contributed by atoms with Gasteiger partial charge in [0.15, 0.2) is 0 Å². The van der Waals surface area contributed by atoms with Crippen LogP contribution in [0.4, 0.5) is 13.2 Å². The van der Waals surface area contributed by atoms with Crippen LogP contribution in [0.3, 0.4) is 0 Å². The third kappa shape index (κ3) is 3.46. The molecule has 2 aromatic rings. The number of carboxylic acid groups (broad SMARTS) is 1. The van der Waals surface area contributed by atoms with Gasteiger partial charge in [-0.05, 0) is 29.8 Å². The molecular formula is C14H10F3NO4. The van der Waals surface area contributed by atoms with Crippen LogP contribution in [-0.4, -0.2) is 15.8 Å².